The third-order valence-electron chi connectivity index (χ3n) is 7.86. The standard InChI is InChI=1S/C29H35N7O/c1-2-34-15-17-35(18-16-34)29-32-27(26-28(33-29)36(20-31-26)23-7-3-4-8-23)30-19-21-11-13-22(14-12-21)24-9-5-6-10-25(24)37/h5-6,9-14,20,23,37H,2-4,7-8,15-19H2,1H3,(H,30,32,33). The Morgan fingerprint density at radius 1 is 0.946 bits per heavy atom. The number of anilines is 2. The molecule has 192 valence electrons. The largest absolute Gasteiger partial charge is 0.507 e. The second-order valence-electron chi connectivity index (χ2n) is 10.1. The summed E-state index contributed by atoms with van der Waals surface area (Å²) in [6, 6.07) is 16.2. The van der Waals surface area contributed by atoms with Gasteiger partial charge >= 0.3 is 0 Å². The third-order valence-corrected chi connectivity index (χ3v) is 7.86. The van der Waals surface area contributed by atoms with E-state index in [9.17, 15) is 5.11 Å². The molecule has 8 heteroatoms. The van der Waals surface area contributed by atoms with Crippen molar-refractivity contribution in [1.29, 1.82) is 0 Å². The van der Waals surface area contributed by atoms with Crippen LogP contribution in [0.25, 0.3) is 22.3 Å². The Balaban J connectivity index is 1.27. The van der Waals surface area contributed by atoms with Gasteiger partial charge in [-0.25, -0.2) is 4.98 Å². The molecule has 0 amide bonds. The Hall–Kier alpha value is -3.65. The smallest absolute Gasteiger partial charge is 0.229 e. The van der Waals surface area contributed by atoms with Crippen LogP contribution in [0, 0.1) is 0 Å². The lowest BCUT2D eigenvalue weighted by Gasteiger charge is -2.34. The molecule has 0 radical (unpaired) electrons. The van der Waals surface area contributed by atoms with Gasteiger partial charge in [0.2, 0.25) is 5.95 Å². The fourth-order valence-electron chi connectivity index (χ4n) is 5.59. The predicted molar refractivity (Wildman–Crippen MR) is 148 cm³/mol. The lowest BCUT2D eigenvalue weighted by Crippen LogP contribution is -2.46. The summed E-state index contributed by atoms with van der Waals surface area (Å²) < 4.78 is 2.28. The number of aromatic hydroxyl groups is 1. The molecule has 37 heavy (non-hydrogen) atoms. The molecule has 2 aliphatic rings. The third kappa shape index (κ3) is 4.85. The average Bonchev–Trinajstić information content (AvgIpc) is 3.63. The Labute approximate surface area is 218 Å². The number of hydrogen-bond donors (Lipinski definition) is 2. The van der Waals surface area contributed by atoms with E-state index in [-0.39, 0.29) is 0 Å². The Morgan fingerprint density at radius 3 is 2.43 bits per heavy atom. The van der Waals surface area contributed by atoms with Crippen molar-refractivity contribution in [3.05, 3.63) is 60.4 Å². The molecular weight excluding hydrogens is 462 g/mol. The van der Waals surface area contributed by atoms with Crippen LogP contribution in [0.4, 0.5) is 11.8 Å². The summed E-state index contributed by atoms with van der Waals surface area (Å²) in [5.74, 6) is 1.88. The van der Waals surface area contributed by atoms with E-state index in [1.807, 2.05) is 24.5 Å². The normalized spacial score (nSPS) is 17.1. The first kappa shape index (κ1) is 23.7. The van der Waals surface area contributed by atoms with Gasteiger partial charge in [-0.05, 0) is 36.6 Å². The molecule has 2 aromatic carbocycles. The summed E-state index contributed by atoms with van der Waals surface area (Å²) in [5, 5.41) is 13.8. The van der Waals surface area contributed by atoms with Crippen molar-refractivity contribution in [2.75, 3.05) is 42.9 Å². The van der Waals surface area contributed by atoms with Crippen LogP contribution in [0.3, 0.4) is 0 Å². The molecule has 4 aromatic rings. The number of nitrogens with zero attached hydrogens (tertiary/aromatic N) is 6. The van der Waals surface area contributed by atoms with Gasteiger partial charge in [0, 0.05) is 44.3 Å². The summed E-state index contributed by atoms with van der Waals surface area (Å²) in [6.07, 6.45) is 6.87. The summed E-state index contributed by atoms with van der Waals surface area (Å²) in [6.45, 7) is 7.87. The summed E-state index contributed by atoms with van der Waals surface area (Å²) in [5.41, 5.74) is 4.75. The zero-order chi connectivity index (χ0) is 25.2. The maximum atomic E-state index is 10.2. The molecule has 3 heterocycles. The number of rotatable bonds is 7. The van der Waals surface area contributed by atoms with Crippen molar-refractivity contribution < 1.29 is 5.11 Å². The van der Waals surface area contributed by atoms with Gasteiger partial charge in [0.25, 0.3) is 0 Å². The maximum absolute atomic E-state index is 10.2. The Bertz CT molecular complexity index is 1350. The Morgan fingerprint density at radius 2 is 1.70 bits per heavy atom. The fourth-order valence-corrected chi connectivity index (χ4v) is 5.59. The number of likely N-dealkylation sites (N-methyl/N-ethyl adjacent to an activating group) is 1. The lowest BCUT2D eigenvalue weighted by atomic mass is 10.0. The number of piperazine rings is 1. The minimum Gasteiger partial charge on any atom is -0.507 e. The fraction of sp³-hybridized carbons (Fsp3) is 0.414. The lowest BCUT2D eigenvalue weighted by molar-refractivity contribution is 0.270. The monoisotopic (exact) mass is 497 g/mol. The number of fused-ring (bicyclic) bond motifs is 1. The number of phenols is 1. The summed E-state index contributed by atoms with van der Waals surface area (Å²) in [4.78, 5) is 19.6. The van der Waals surface area contributed by atoms with E-state index < -0.39 is 0 Å². The number of imidazole rings is 1. The van der Waals surface area contributed by atoms with Crippen LogP contribution in [-0.2, 0) is 6.54 Å². The highest BCUT2D eigenvalue weighted by Crippen LogP contribution is 2.34. The molecule has 2 aromatic heterocycles. The van der Waals surface area contributed by atoms with E-state index in [0.717, 1.165) is 72.3 Å². The van der Waals surface area contributed by atoms with Crippen molar-refractivity contribution in [1.82, 2.24) is 24.4 Å². The van der Waals surface area contributed by atoms with Crippen molar-refractivity contribution in [3.8, 4) is 16.9 Å². The first-order valence-corrected chi connectivity index (χ1v) is 13.5. The van der Waals surface area contributed by atoms with Crippen LogP contribution >= 0.6 is 0 Å². The van der Waals surface area contributed by atoms with Gasteiger partial charge in [-0.15, -0.1) is 0 Å². The van der Waals surface area contributed by atoms with Gasteiger partial charge in [0.05, 0.1) is 6.33 Å². The van der Waals surface area contributed by atoms with Crippen molar-refractivity contribution in [3.63, 3.8) is 0 Å². The van der Waals surface area contributed by atoms with E-state index in [4.69, 9.17) is 15.0 Å². The van der Waals surface area contributed by atoms with Crippen LogP contribution in [0.1, 0.15) is 44.2 Å². The van der Waals surface area contributed by atoms with Gasteiger partial charge in [-0.3, -0.25) is 0 Å². The minimum atomic E-state index is 0.293. The molecule has 1 saturated heterocycles. The first-order chi connectivity index (χ1) is 18.2. The Kier molecular flexibility index (Phi) is 6.66. The molecular formula is C29H35N7O. The van der Waals surface area contributed by atoms with E-state index in [0.29, 0.717) is 18.3 Å². The van der Waals surface area contributed by atoms with E-state index in [2.05, 4.69) is 50.9 Å². The van der Waals surface area contributed by atoms with Gasteiger partial charge in [-0.1, -0.05) is 62.2 Å². The highest BCUT2D eigenvalue weighted by molar-refractivity contribution is 5.84. The highest BCUT2D eigenvalue weighted by atomic mass is 16.3. The van der Waals surface area contributed by atoms with Gasteiger partial charge in [-0.2, -0.15) is 9.97 Å². The zero-order valence-corrected chi connectivity index (χ0v) is 21.5. The molecule has 2 fully saturated rings. The molecule has 1 aliphatic heterocycles. The first-order valence-electron chi connectivity index (χ1n) is 13.5. The second-order valence-corrected chi connectivity index (χ2v) is 10.1. The predicted octanol–water partition coefficient (Wildman–Crippen LogP) is 5.07. The molecule has 0 spiro atoms. The SMILES string of the molecule is CCN1CCN(c2nc(NCc3ccc(-c4ccccc4O)cc3)c3ncn(C4CCCC4)c3n2)CC1. The molecule has 1 aliphatic carbocycles. The molecule has 8 nitrogen and oxygen atoms in total. The molecule has 0 bridgehead atoms. The number of benzene rings is 2. The molecule has 1 saturated carbocycles. The topological polar surface area (TPSA) is 82.3 Å². The molecule has 2 N–H and O–H groups in total. The van der Waals surface area contributed by atoms with Gasteiger partial charge in [0.15, 0.2) is 17.0 Å². The number of para-hydroxylation sites is 1. The molecule has 0 atom stereocenters. The maximum Gasteiger partial charge on any atom is 0.229 e. The number of nitrogens with one attached hydrogen (secondary N) is 1. The zero-order valence-electron chi connectivity index (χ0n) is 21.5. The number of hydrogen-bond acceptors (Lipinski definition) is 7. The van der Waals surface area contributed by atoms with Crippen molar-refractivity contribution in [2.45, 2.75) is 45.2 Å². The van der Waals surface area contributed by atoms with E-state index in [1.54, 1.807) is 6.07 Å². The summed E-state index contributed by atoms with van der Waals surface area (Å²) in [7, 11) is 0. The van der Waals surface area contributed by atoms with Crippen LogP contribution in [-0.4, -0.2) is 62.2 Å². The van der Waals surface area contributed by atoms with Crippen LogP contribution in [0.15, 0.2) is 54.9 Å². The minimum absolute atomic E-state index is 0.293. The van der Waals surface area contributed by atoms with Crippen LogP contribution in [0.5, 0.6) is 5.75 Å². The quantitative estimate of drug-likeness (QED) is 0.369. The number of aromatic nitrogens is 4. The van der Waals surface area contributed by atoms with Gasteiger partial charge < -0.3 is 24.8 Å². The van der Waals surface area contributed by atoms with Crippen molar-refractivity contribution >= 4 is 22.9 Å². The van der Waals surface area contributed by atoms with Gasteiger partial charge in [0.1, 0.15) is 5.75 Å². The molecule has 0 unspecified atom stereocenters. The average molecular weight is 498 g/mol. The second kappa shape index (κ2) is 10.4. The van der Waals surface area contributed by atoms with E-state index in [1.165, 1.54) is 25.7 Å². The number of phenolic OH excluding ortho intramolecular Hbond substituents is 1. The molecule has 6 rings (SSSR count). The van der Waals surface area contributed by atoms with Crippen LogP contribution < -0.4 is 10.2 Å². The van der Waals surface area contributed by atoms with E-state index >= 15 is 0 Å². The van der Waals surface area contributed by atoms with Crippen LogP contribution in [0.2, 0.25) is 0 Å². The van der Waals surface area contributed by atoms with Crippen molar-refractivity contribution in [2.24, 2.45) is 0 Å². The highest BCUT2D eigenvalue weighted by Gasteiger charge is 2.24. The summed E-state index contributed by atoms with van der Waals surface area (Å²) >= 11 is 0.